The van der Waals surface area contributed by atoms with Crippen molar-refractivity contribution in [3.05, 3.63) is 46.7 Å². The molecule has 0 unspecified atom stereocenters. The molecule has 4 rings (SSSR count). The summed E-state index contributed by atoms with van der Waals surface area (Å²) in [7, 11) is 1.65. The van der Waals surface area contributed by atoms with Crippen LogP contribution in [0.1, 0.15) is 4.88 Å². The second-order valence-corrected chi connectivity index (χ2v) is 8.61. The minimum atomic E-state index is -0.0577. The minimum Gasteiger partial charge on any atom is -0.497 e. The topological polar surface area (TPSA) is 54.9 Å². The van der Waals surface area contributed by atoms with Gasteiger partial charge in [-0.25, -0.2) is 4.98 Å². The fourth-order valence-corrected chi connectivity index (χ4v) is 4.77. The highest BCUT2D eigenvalue weighted by atomic mass is 32.1. The van der Waals surface area contributed by atoms with Gasteiger partial charge in [0, 0.05) is 37.1 Å². The van der Waals surface area contributed by atoms with Gasteiger partial charge in [0.2, 0.25) is 0 Å². The predicted octanol–water partition coefficient (Wildman–Crippen LogP) is 3.75. The van der Waals surface area contributed by atoms with E-state index in [1.807, 2.05) is 41.8 Å². The molecule has 1 saturated heterocycles. The van der Waals surface area contributed by atoms with Gasteiger partial charge in [-0.2, -0.15) is 0 Å². The van der Waals surface area contributed by atoms with E-state index in [0.29, 0.717) is 11.7 Å². The average molecular weight is 430 g/mol. The fourth-order valence-electron chi connectivity index (χ4n) is 3.13. The van der Waals surface area contributed by atoms with E-state index in [-0.39, 0.29) is 5.91 Å². The van der Waals surface area contributed by atoms with Gasteiger partial charge in [-0.15, -0.1) is 11.3 Å². The summed E-state index contributed by atoms with van der Waals surface area (Å²) in [5.74, 6) is 0.731. The molecule has 8 heteroatoms. The van der Waals surface area contributed by atoms with Crippen molar-refractivity contribution < 1.29 is 14.3 Å². The van der Waals surface area contributed by atoms with E-state index in [2.05, 4.69) is 4.90 Å². The number of fused-ring (bicyclic) bond motifs is 1. The first-order valence-electron chi connectivity index (χ1n) is 9.51. The van der Waals surface area contributed by atoms with E-state index in [1.165, 1.54) is 11.3 Å². The van der Waals surface area contributed by atoms with E-state index in [0.717, 1.165) is 53.7 Å². The number of methoxy groups -OCH3 is 1. The molecule has 29 heavy (non-hydrogen) atoms. The number of morpholine rings is 1. The Kier molecular flexibility index (Phi) is 6.56. The first-order valence-corrected chi connectivity index (χ1v) is 11.2. The maximum absolute atomic E-state index is 13.1. The van der Waals surface area contributed by atoms with Crippen LogP contribution in [0.5, 0.6) is 5.75 Å². The number of anilines is 1. The lowest BCUT2D eigenvalue weighted by Crippen LogP contribution is -2.42. The first-order chi connectivity index (χ1) is 14.2. The molecule has 3 heterocycles. The zero-order valence-electron chi connectivity index (χ0n) is 16.2. The smallest absolute Gasteiger partial charge is 0.252 e. The lowest BCUT2D eigenvalue weighted by Gasteiger charge is -2.28. The van der Waals surface area contributed by atoms with Gasteiger partial charge in [-0.05, 0) is 35.7 Å². The molecule has 0 atom stereocenters. The number of nitrogens with zero attached hydrogens (tertiary/aromatic N) is 3. The van der Waals surface area contributed by atoms with Gasteiger partial charge in [0.1, 0.15) is 5.75 Å². The zero-order valence-corrected chi connectivity index (χ0v) is 17.9. The summed E-state index contributed by atoms with van der Waals surface area (Å²) in [4.78, 5) is 22.9. The van der Waals surface area contributed by atoms with Crippen LogP contribution in [0.25, 0.3) is 16.3 Å². The lowest BCUT2D eigenvalue weighted by molar-refractivity contribution is -0.114. The van der Waals surface area contributed by atoms with Crippen LogP contribution in [0.15, 0.2) is 41.8 Å². The number of thiazole rings is 1. The molecule has 1 fully saturated rings. The average Bonchev–Trinajstić information content (AvgIpc) is 3.42. The number of thiophene rings is 1. The largest absolute Gasteiger partial charge is 0.497 e. The quantitative estimate of drug-likeness (QED) is 0.536. The van der Waals surface area contributed by atoms with Crippen molar-refractivity contribution in [1.82, 2.24) is 9.88 Å². The van der Waals surface area contributed by atoms with Crippen molar-refractivity contribution in [1.29, 1.82) is 0 Å². The molecule has 0 saturated carbocycles. The number of hydrogen-bond acceptors (Lipinski definition) is 7. The third-order valence-corrected chi connectivity index (χ3v) is 6.64. The minimum absolute atomic E-state index is 0.0577. The highest BCUT2D eigenvalue weighted by Gasteiger charge is 2.20. The van der Waals surface area contributed by atoms with Crippen LogP contribution in [0.3, 0.4) is 0 Å². The Labute approximate surface area is 178 Å². The van der Waals surface area contributed by atoms with E-state index >= 15 is 0 Å². The second kappa shape index (κ2) is 9.49. The molecule has 1 amide bonds. The molecule has 0 N–H and O–H groups in total. The van der Waals surface area contributed by atoms with Crippen molar-refractivity contribution in [2.24, 2.45) is 0 Å². The Morgan fingerprint density at radius 2 is 2.21 bits per heavy atom. The van der Waals surface area contributed by atoms with Gasteiger partial charge in [-0.1, -0.05) is 17.4 Å². The van der Waals surface area contributed by atoms with Gasteiger partial charge >= 0.3 is 0 Å². The van der Waals surface area contributed by atoms with Gasteiger partial charge in [0.15, 0.2) is 5.13 Å². The number of carbonyl (C=O) groups is 1. The Balaban J connectivity index is 1.57. The standard InChI is InChI=1S/C21H23N3O3S2/c1-26-16-4-6-18-19(15-16)29-21(22-18)24(9-8-23-10-12-27-13-11-23)20(25)7-5-17-3-2-14-28-17/h2-7,14-15H,8-13H2,1H3/b7-5+. The maximum atomic E-state index is 13.1. The number of amides is 1. The highest BCUT2D eigenvalue weighted by Crippen LogP contribution is 2.31. The first kappa shape index (κ1) is 20.0. The molecule has 0 radical (unpaired) electrons. The Bertz CT molecular complexity index is 978. The molecule has 0 spiro atoms. The highest BCUT2D eigenvalue weighted by molar-refractivity contribution is 7.22. The van der Waals surface area contributed by atoms with Gasteiger partial charge in [0.05, 0.1) is 30.5 Å². The van der Waals surface area contributed by atoms with Crippen LogP contribution in [-0.2, 0) is 9.53 Å². The molecule has 6 nitrogen and oxygen atoms in total. The fraction of sp³-hybridized carbons (Fsp3) is 0.333. The van der Waals surface area contributed by atoms with Gasteiger partial charge < -0.3 is 9.47 Å². The summed E-state index contributed by atoms with van der Waals surface area (Å²) >= 11 is 3.12. The molecule has 0 aliphatic carbocycles. The van der Waals surface area contributed by atoms with Crippen molar-refractivity contribution >= 4 is 50.0 Å². The van der Waals surface area contributed by atoms with Crippen LogP contribution in [0.2, 0.25) is 0 Å². The summed E-state index contributed by atoms with van der Waals surface area (Å²) in [6.45, 7) is 4.65. The summed E-state index contributed by atoms with van der Waals surface area (Å²) in [6, 6.07) is 9.76. The molecular weight excluding hydrogens is 406 g/mol. The predicted molar refractivity (Wildman–Crippen MR) is 119 cm³/mol. The summed E-state index contributed by atoms with van der Waals surface area (Å²) < 4.78 is 11.7. The van der Waals surface area contributed by atoms with Crippen LogP contribution in [0.4, 0.5) is 5.13 Å². The Morgan fingerprint density at radius 1 is 1.34 bits per heavy atom. The van der Waals surface area contributed by atoms with E-state index in [1.54, 1.807) is 29.4 Å². The Morgan fingerprint density at radius 3 is 2.97 bits per heavy atom. The summed E-state index contributed by atoms with van der Waals surface area (Å²) in [5, 5.41) is 2.71. The van der Waals surface area contributed by atoms with Crippen LogP contribution < -0.4 is 9.64 Å². The zero-order chi connectivity index (χ0) is 20.1. The maximum Gasteiger partial charge on any atom is 0.252 e. The number of ether oxygens (including phenoxy) is 2. The van der Waals surface area contributed by atoms with Crippen molar-refractivity contribution in [2.45, 2.75) is 0 Å². The molecule has 0 bridgehead atoms. The van der Waals surface area contributed by atoms with E-state index < -0.39 is 0 Å². The summed E-state index contributed by atoms with van der Waals surface area (Å²) in [5.41, 5.74) is 0.872. The lowest BCUT2D eigenvalue weighted by atomic mass is 10.3. The van der Waals surface area contributed by atoms with Crippen molar-refractivity contribution in [3.63, 3.8) is 0 Å². The van der Waals surface area contributed by atoms with E-state index in [9.17, 15) is 4.79 Å². The molecule has 1 aliphatic heterocycles. The van der Waals surface area contributed by atoms with Crippen LogP contribution in [-0.4, -0.2) is 62.3 Å². The number of carbonyl (C=O) groups excluding carboxylic acids is 1. The van der Waals surface area contributed by atoms with Gasteiger partial charge in [0.25, 0.3) is 5.91 Å². The van der Waals surface area contributed by atoms with Crippen LogP contribution in [0, 0.1) is 0 Å². The molecule has 1 aliphatic rings. The van der Waals surface area contributed by atoms with Gasteiger partial charge in [-0.3, -0.25) is 14.6 Å². The molecule has 2 aromatic heterocycles. The SMILES string of the molecule is COc1ccc2nc(N(CCN3CCOCC3)C(=O)/C=C/c3cccs3)sc2c1. The molecule has 3 aromatic rings. The molecular formula is C21H23N3O3S2. The number of aromatic nitrogens is 1. The van der Waals surface area contributed by atoms with Crippen molar-refractivity contribution in [3.8, 4) is 5.75 Å². The monoisotopic (exact) mass is 429 g/mol. The second-order valence-electron chi connectivity index (χ2n) is 6.62. The van der Waals surface area contributed by atoms with E-state index in [4.69, 9.17) is 14.5 Å². The number of hydrogen-bond donors (Lipinski definition) is 0. The normalized spacial score (nSPS) is 15.2. The third-order valence-electron chi connectivity index (χ3n) is 4.76. The summed E-state index contributed by atoms with van der Waals surface area (Å²) in [6.07, 6.45) is 3.50. The van der Waals surface area contributed by atoms with Crippen LogP contribution >= 0.6 is 22.7 Å². The van der Waals surface area contributed by atoms with Crippen molar-refractivity contribution in [2.75, 3.05) is 51.4 Å². The number of benzene rings is 1. The molecule has 152 valence electrons. The molecule has 1 aromatic carbocycles. The number of rotatable bonds is 7. The Hall–Kier alpha value is -2.26. The third kappa shape index (κ3) is 5.02.